The fourth-order valence-electron chi connectivity index (χ4n) is 9.70. The molecule has 0 radical (unpaired) electrons. The molecule has 12 rings (SSSR count). The van der Waals surface area contributed by atoms with Gasteiger partial charge >= 0.3 is 0 Å². The predicted molar refractivity (Wildman–Crippen MR) is 241 cm³/mol. The van der Waals surface area contributed by atoms with Crippen LogP contribution in [-0.2, 0) is 5.41 Å². The van der Waals surface area contributed by atoms with Crippen molar-refractivity contribution in [2.75, 3.05) is 0 Å². The van der Waals surface area contributed by atoms with Crippen LogP contribution >= 0.6 is 0 Å². The lowest BCUT2D eigenvalue weighted by Crippen LogP contribution is -2.15. The molecule has 0 saturated carbocycles. The highest BCUT2D eigenvalue weighted by Gasteiger charge is 2.37. The van der Waals surface area contributed by atoms with Gasteiger partial charge in [-0.1, -0.05) is 147 Å². The molecule has 0 aliphatic heterocycles. The third kappa shape index (κ3) is 4.65. The van der Waals surface area contributed by atoms with Crippen LogP contribution in [0.3, 0.4) is 0 Å². The van der Waals surface area contributed by atoms with Crippen molar-refractivity contribution < 1.29 is 6.85 Å². The van der Waals surface area contributed by atoms with E-state index in [1.165, 1.54) is 32.6 Å². The molecule has 0 bridgehead atoms. The van der Waals surface area contributed by atoms with Crippen molar-refractivity contribution in [2.24, 2.45) is 0 Å². The number of benzene rings is 9. The Morgan fingerprint density at radius 3 is 1.67 bits per heavy atom. The maximum Gasteiger partial charge on any atom is 0.0629 e. The zero-order chi connectivity index (χ0) is 42.2. The smallest absolute Gasteiger partial charge is 0.0629 e. The molecule has 2 heterocycles. The average molecular weight is 732 g/mol. The first kappa shape index (κ1) is 27.4. The summed E-state index contributed by atoms with van der Waals surface area (Å²) in [6.45, 7) is 4.40. The van der Waals surface area contributed by atoms with Crippen molar-refractivity contribution >= 4 is 54.4 Å². The normalized spacial score (nSPS) is 14.5. The largest absolute Gasteiger partial charge is 0.309 e. The molecule has 1 aliphatic carbocycles. The zero-order valence-electron chi connectivity index (χ0n) is 36.5. The summed E-state index contributed by atoms with van der Waals surface area (Å²) in [5.74, 6) is 0. The van der Waals surface area contributed by atoms with E-state index in [4.69, 9.17) is 6.85 Å². The molecular formula is C55H38N2. The molecule has 0 N–H and O–H groups in total. The summed E-state index contributed by atoms with van der Waals surface area (Å²) in [5, 5.41) is 7.16. The Hall–Kier alpha value is -7.16. The van der Waals surface area contributed by atoms with Gasteiger partial charge in [0.25, 0.3) is 0 Å². The Balaban J connectivity index is 1.02. The highest BCUT2D eigenvalue weighted by Crippen LogP contribution is 2.53. The van der Waals surface area contributed by atoms with Crippen molar-refractivity contribution in [2.45, 2.75) is 19.3 Å². The molecule has 0 atom stereocenters. The van der Waals surface area contributed by atoms with Gasteiger partial charge in [0.2, 0.25) is 0 Å². The summed E-state index contributed by atoms with van der Waals surface area (Å²) in [4.78, 5) is 0. The lowest BCUT2D eigenvalue weighted by molar-refractivity contribution is 0.660. The summed E-state index contributed by atoms with van der Waals surface area (Å²) >= 11 is 0. The highest BCUT2D eigenvalue weighted by molar-refractivity contribution is 6.13. The van der Waals surface area contributed by atoms with Gasteiger partial charge in [0, 0.05) is 38.3 Å². The van der Waals surface area contributed by atoms with Crippen molar-refractivity contribution in [3.8, 4) is 44.8 Å². The number of rotatable bonds is 4. The minimum absolute atomic E-state index is 0.195. The highest BCUT2D eigenvalue weighted by atomic mass is 15.0. The molecule has 0 unspecified atom stereocenters. The topological polar surface area (TPSA) is 9.86 Å². The summed E-state index contributed by atoms with van der Waals surface area (Å²) in [6, 6.07) is 57.1. The predicted octanol–water partition coefficient (Wildman–Crippen LogP) is 14.7. The van der Waals surface area contributed by atoms with Crippen LogP contribution in [0.2, 0.25) is 0 Å². The average Bonchev–Trinajstić information content (AvgIpc) is 3.90. The van der Waals surface area contributed by atoms with E-state index in [2.05, 4.69) is 175 Å². The quantitative estimate of drug-likeness (QED) is 0.171. The van der Waals surface area contributed by atoms with Crippen LogP contribution < -0.4 is 0 Å². The molecule has 0 spiro atoms. The molecule has 0 amide bonds. The molecule has 268 valence electrons. The first-order chi connectivity index (χ1) is 30.1. The van der Waals surface area contributed by atoms with Crippen LogP contribution in [0.5, 0.6) is 0 Å². The second-order valence-electron chi connectivity index (χ2n) is 15.8. The number of nitrogens with zero attached hydrogens (tertiary/aromatic N) is 2. The second kappa shape index (κ2) is 11.9. The van der Waals surface area contributed by atoms with Gasteiger partial charge in [-0.05, 0) is 116 Å². The first-order valence-electron chi connectivity index (χ1n) is 22.0. The molecular weight excluding hydrogens is 689 g/mol. The molecule has 2 aromatic heterocycles. The van der Waals surface area contributed by atoms with Crippen LogP contribution in [0, 0.1) is 0 Å². The summed E-state index contributed by atoms with van der Waals surface area (Å²) in [6.07, 6.45) is 0. The van der Waals surface area contributed by atoms with Gasteiger partial charge in [-0.15, -0.1) is 0 Å². The monoisotopic (exact) mass is 731 g/mol. The number of para-hydroxylation sites is 2. The SMILES string of the molecule is [2H]c1c([2H])c([2H])c(-c2cccc3c2-c2cc(-n4c5ccccc5c5cc(-c6ccc7c(c6)c6ccccc6n7-c6ccc7ccccc7c6)ccc54)ccc2C3(C)C)c([2H])c1[2H]. The zero-order valence-corrected chi connectivity index (χ0v) is 31.5. The standard InChI is InChI=1S/C55H38N2/c1-55(2)48-28-27-41(34-47(48)54-42(19-12-20-49(54)55)36-14-4-3-5-15-36)57-51-22-11-9-18-44(51)46-33-39(25-30-53(46)57)38-24-29-52-45(32-38)43-17-8-10-21-50(43)56(52)40-26-23-35-13-6-7-16-37(35)31-40/h3-34H,1-2H3/i3D,4D,5D,14D,15D. The van der Waals surface area contributed by atoms with Crippen LogP contribution in [-0.4, -0.2) is 9.13 Å². The van der Waals surface area contributed by atoms with Gasteiger partial charge in [0.05, 0.1) is 28.9 Å². The van der Waals surface area contributed by atoms with Crippen LogP contribution in [0.4, 0.5) is 0 Å². The van der Waals surface area contributed by atoms with Gasteiger partial charge in [-0.25, -0.2) is 0 Å². The van der Waals surface area contributed by atoms with Crippen LogP contribution in [0.25, 0.3) is 99.1 Å². The minimum Gasteiger partial charge on any atom is -0.309 e. The number of hydrogen-bond donors (Lipinski definition) is 0. The van der Waals surface area contributed by atoms with E-state index in [0.717, 1.165) is 66.6 Å². The third-order valence-corrected chi connectivity index (χ3v) is 12.4. The van der Waals surface area contributed by atoms with Crippen molar-refractivity contribution in [1.82, 2.24) is 9.13 Å². The lowest BCUT2D eigenvalue weighted by atomic mass is 9.82. The molecule has 11 aromatic rings. The van der Waals surface area contributed by atoms with Gasteiger partial charge in [0.15, 0.2) is 0 Å². The molecule has 1 aliphatic rings. The van der Waals surface area contributed by atoms with E-state index < -0.39 is 0 Å². The Morgan fingerprint density at radius 2 is 0.982 bits per heavy atom. The lowest BCUT2D eigenvalue weighted by Gasteiger charge is -2.22. The Morgan fingerprint density at radius 1 is 0.404 bits per heavy atom. The van der Waals surface area contributed by atoms with Crippen LogP contribution in [0.15, 0.2) is 194 Å². The van der Waals surface area contributed by atoms with Gasteiger partial charge < -0.3 is 9.13 Å². The number of hydrogen-bond acceptors (Lipinski definition) is 0. The van der Waals surface area contributed by atoms with E-state index in [1.54, 1.807) is 0 Å². The van der Waals surface area contributed by atoms with E-state index >= 15 is 0 Å². The summed E-state index contributed by atoms with van der Waals surface area (Å²) in [7, 11) is 0. The van der Waals surface area contributed by atoms with Gasteiger partial charge in [0.1, 0.15) is 0 Å². The van der Waals surface area contributed by atoms with E-state index in [0.29, 0.717) is 5.56 Å². The molecule has 0 fully saturated rings. The Kier molecular flexibility index (Phi) is 5.73. The number of fused-ring (bicyclic) bond motifs is 10. The van der Waals surface area contributed by atoms with E-state index in [-0.39, 0.29) is 41.2 Å². The van der Waals surface area contributed by atoms with Crippen molar-refractivity contribution in [3.05, 3.63) is 205 Å². The maximum absolute atomic E-state index is 8.89. The first-order valence-corrected chi connectivity index (χ1v) is 19.5. The maximum atomic E-state index is 8.89. The Labute approximate surface area is 338 Å². The van der Waals surface area contributed by atoms with Gasteiger partial charge in [-0.2, -0.15) is 0 Å². The minimum atomic E-state index is -0.390. The summed E-state index contributed by atoms with van der Waals surface area (Å²) in [5.41, 5.74) is 13.5. The van der Waals surface area contributed by atoms with E-state index in [9.17, 15) is 0 Å². The van der Waals surface area contributed by atoms with Crippen molar-refractivity contribution in [1.29, 1.82) is 0 Å². The third-order valence-electron chi connectivity index (χ3n) is 12.4. The second-order valence-corrected chi connectivity index (χ2v) is 15.8. The molecule has 2 heteroatoms. The van der Waals surface area contributed by atoms with Crippen molar-refractivity contribution in [3.63, 3.8) is 0 Å². The van der Waals surface area contributed by atoms with Gasteiger partial charge in [-0.3, -0.25) is 0 Å². The molecule has 57 heavy (non-hydrogen) atoms. The van der Waals surface area contributed by atoms with Crippen LogP contribution in [0.1, 0.15) is 31.8 Å². The molecule has 0 saturated heterocycles. The summed E-state index contributed by atoms with van der Waals surface area (Å²) < 4.78 is 47.7. The fraction of sp³-hybridized carbons (Fsp3) is 0.0545. The number of aromatic nitrogens is 2. The molecule has 9 aromatic carbocycles. The molecule has 2 nitrogen and oxygen atoms in total. The Bertz CT molecular complexity index is 3710. The van der Waals surface area contributed by atoms with E-state index in [1.807, 2.05) is 12.1 Å². The fourth-order valence-corrected chi connectivity index (χ4v) is 9.70.